The molecule has 0 saturated heterocycles. The van der Waals surface area contributed by atoms with Gasteiger partial charge in [0.25, 0.3) is 8.32 Å². The molecular formula is C33H44O4Si. The van der Waals surface area contributed by atoms with E-state index in [0.29, 0.717) is 31.0 Å². The first-order valence-electron chi connectivity index (χ1n) is 14.5. The zero-order chi connectivity index (χ0) is 27.1. The molecule has 2 aliphatic carbocycles. The first-order chi connectivity index (χ1) is 18.1. The summed E-state index contributed by atoms with van der Waals surface area (Å²) < 4.78 is 12.6. The minimum absolute atomic E-state index is 0.0201. The SMILES string of the molecule is C[C@@H]1C[C@@H](O)[C@@H]([C@H](C)CCCO[Si](c2ccccc2)(c2ccccc2)C(C)(C)C)C2=C(C(=O)OC2)[C@H]2C[C@@H]12. The van der Waals surface area contributed by atoms with Crippen molar-refractivity contribution in [3.8, 4) is 0 Å². The minimum atomic E-state index is -2.56. The Morgan fingerprint density at radius 1 is 1.03 bits per heavy atom. The van der Waals surface area contributed by atoms with E-state index in [2.05, 4.69) is 95.3 Å². The van der Waals surface area contributed by atoms with Crippen LogP contribution in [0.4, 0.5) is 0 Å². The van der Waals surface area contributed by atoms with E-state index in [1.165, 1.54) is 10.4 Å². The van der Waals surface area contributed by atoms with Gasteiger partial charge in [0.05, 0.1) is 6.10 Å². The number of aliphatic hydroxyl groups is 1. The number of carbonyl (C=O) groups excluding carboxylic acids is 1. The Morgan fingerprint density at radius 2 is 1.63 bits per heavy atom. The van der Waals surface area contributed by atoms with Gasteiger partial charge in [-0.05, 0) is 70.3 Å². The van der Waals surface area contributed by atoms with Crippen molar-refractivity contribution in [3.05, 3.63) is 71.8 Å². The highest BCUT2D eigenvalue weighted by atomic mass is 28.4. The fourth-order valence-electron chi connectivity index (χ4n) is 7.50. The fraction of sp³-hybridized carbons (Fsp3) is 0.545. The van der Waals surface area contributed by atoms with Crippen LogP contribution in [0.5, 0.6) is 0 Å². The molecule has 1 fully saturated rings. The summed E-state index contributed by atoms with van der Waals surface area (Å²) in [5, 5.41) is 13.9. The third-order valence-corrected chi connectivity index (χ3v) is 14.5. The van der Waals surface area contributed by atoms with Crippen molar-refractivity contribution in [1.82, 2.24) is 0 Å². The second-order valence-electron chi connectivity index (χ2n) is 13.0. The molecule has 38 heavy (non-hydrogen) atoms. The third-order valence-electron chi connectivity index (χ3n) is 9.45. The highest BCUT2D eigenvalue weighted by Crippen LogP contribution is 2.55. The van der Waals surface area contributed by atoms with Gasteiger partial charge < -0.3 is 14.3 Å². The van der Waals surface area contributed by atoms with Crippen molar-refractivity contribution < 1.29 is 19.1 Å². The van der Waals surface area contributed by atoms with Crippen LogP contribution in [0.1, 0.15) is 60.3 Å². The minimum Gasteiger partial charge on any atom is -0.458 e. The summed E-state index contributed by atoms with van der Waals surface area (Å²) in [6, 6.07) is 21.6. The quantitative estimate of drug-likeness (QED) is 0.278. The van der Waals surface area contributed by atoms with Crippen LogP contribution < -0.4 is 10.4 Å². The number of hydrogen-bond acceptors (Lipinski definition) is 4. The zero-order valence-electron chi connectivity index (χ0n) is 23.7. The molecule has 0 amide bonds. The van der Waals surface area contributed by atoms with Crippen molar-refractivity contribution in [1.29, 1.82) is 0 Å². The van der Waals surface area contributed by atoms with Crippen LogP contribution in [-0.2, 0) is 14.0 Å². The van der Waals surface area contributed by atoms with E-state index in [4.69, 9.17) is 9.16 Å². The lowest BCUT2D eigenvalue weighted by Gasteiger charge is -2.43. The predicted octanol–water partition coefficient (Wildman–Crippen LogP) is 5.49. The molecule has 1 saturated carbocycles. The molecule has 5 rings (SSSR count). The van der Waals surface area contributed by atoms with Gasteiger partial charge >= 0.3 is 5.97 Å². The van der Waals surface area contributed by atoms with E-state index in [1.54, 1.807) is 0 Å². The third kappa shape index (κ3) is 4.94. The van der Waals surface area contributed by atoms with Crippen molar-refractivity contribution in [3.63, 3.8) is 0 Å². The summed E-state index contributed by atoms with van der Waals surface area (Å²) in [4.78, 5) is 12.6. The summed E-state index contributed by atoms with van der Waals surface area (Å²) in [7, 11) is -2.56. The first-order valence-corrected chi connectivity index (χ1v) is 16.4. The number of carbonyl (C=O) groups is 1. The van der Waals surface area contributed by atoms with Gasteiger partial charge in [0, 0.05) is 18.1 Å². The molecule has 6 atom stereocenters. The normalized spacial score (nSPS) is 28.2. The molecule has 1 N–H and O–H groups in total. The van der Waals surface area contributed by atoms with Gasteiger partial charge in [-0.1, -0.05) is 95.3 Å². The van der Waals surface area contributed by atoms with Gasteiger partial charge in [-0.15, -0.1) is 0 Å². The molecule has 5 heteroatoms. The average Bonchev–Trinajstić information content (AvgIpc) is 3.59. The number of hydrogen-bond donors (Lipinski definition) is 1. The Kier molecular flexibility index (Phi) is 7.74. The Balaban J connectivity index is 1.35. The molecule has 0 unspecified atom stereocenters. The smallest absolute Gasteiger partial charge is 0.334 e. The maximum Gasteiger partial charge on any atom is 0.334 e. The van der Waals surface area contributed by atoms with E-state index in [0.717, 1.165) is 36.8 Å². The van der Waals surface area contributed by atoms with Crippen molar-refractivity contribution in [2.24, 2.45) is 29.6 Å². The monoisotopic (exact) mass is 532 g/mol. The summed E-state index contributed by atoms with van der Waals surface area (Å²) in [6.45, 7) is 12.4. The van der Waals surface area contributed by atoms with E-state index < -0.39 is 14.4 Å². The number of fused-ring (bicyclic) bond motifs is 2. The Morgan fingerprint density at radius 3 is 2.21 bits per heavy atom. The van der Waals surface area contributed by atoms with Gasteiger partial charge in [0.2, 0.25) is 0 Å². The number of rotatable bonds is 8. The molecule has 2 aromatic carbocycles. The fourth-order valence-corrected chi connectivity index (χ4v) is 12.1. The van der Waals surface area contributed by atoms with E-state index in [1.807, 2.05) is 0 Å². The number of ether oxygens (including phenoxy) is 1. The molecule has 2 aromatic rings. The summed E-state index contributed by atoms with van der Waals surface area (Å²) in [6.07, 6.45) is 3.29. The highest BCUT2D eigenvalue weighted by molar-refractivity contribution is 6.99. The molecule has 0 spiro atoms. The molecule has 1 aliphatic heterocycles. The molecule has 1 heterocycles. The Bertz CT molecular complexity index is 1110. The lowest BCUT2D eigenvalue weighted by molar-refractivity contribution is -0.136. The lowest BCUT2D eigenvalue weighted by Crippen LogP contribution is -2.66. The van der Waals surface area contributed by atoms with Crippen LogP contribution in [0.25, 0.3) is 0 Å². The summed E-state index contributed by atoms with van der Waals surface area (Å²) in [5.41, 5.74) is 1.99. The van der Waals surface area contributed by atoms with Crippen molar-refractivity contribution in [2.75, 3.05) is 13.2 Å². The van der Waals surface area contributed by atoms with Crippen LogP contribution in [0, 0.1) is 29.6 Å². The second-order valence-corrected chi connectivity index (χ2v) is 17.3. The van der Waals surface area contributed by atoms with E-state index >= 15 is 0 Å². The summed E-state index contributed by atoms with van der Waals surface area (Å²) >= 11 is 0. The molecule has 0 radical (unpaired) electrons. The maximum atomic E-state index is 12.6. The molecule has 0 aromatic heterocycles. The van der Waals surface area contributed by atoms with Gasteiger partial charge in [-0.3, -0.25) is 0 Å². The van der Waals surface area contributed by atoms with E-state index in [9.17, 15) is 9.90 Å². The van der Waals surface area contributed by atoms with Gasteiger partial charge in [-0.2, -0.15) is 0 Å². The standard InChI is InChI=1S/C33H44O4Si/c1-22(30-28-21-36-32(35)31(28)27-20-26(27)23(2)19-29(30)34)13-12-18-37-38(33(3,4)5,24-14-8-6-9-15-24)25-16-10-7-11-17-25/h6-11,14-17,22-23,26-27,29-30,34H,12-13,18-21H2,1-5H3/t22-,23-,26+,27+,29-,30+/m1/s1. The Labute approximate surface area is 229 Å². The van der Waals surface area contributed by atoms with Gasteiger partial charge in [0.1, 0.15) is 6.61 Å². The number of esters is 1. The molecule has 204 valence electrons. The Hall–Kier alpha value is -2.21. The van der Waals surface area contributed by atoms with Gasteiger partial charge in [0.15, 0.2) is 0 Å². The van der Waals surface area contributed by atoms with Crippen LogP contribution in [0.2, 0.25) is 5.04 Å². The number of benzene rings is 2. The first kappa shape index (κ1) is 27.4. The summed E-state index contributed by atoms with van der Waals surface area (Å²) in [5.74, 6) is 1.39. The number of cyclic esters (lactones) is 1. The van der Waals surface area contributed by atoms with Crippen LogP contribution in [0.15, 0.2) is 71.8 Å². The maximum absolute atomic E-state index is 12.6. The van der Waals surface area contributed by atoms with Crippen molar-refractivity contribution >= 4 is 24.7 Å². The van der Waals surface area contributed by atoms with Crippen LogP contribution >= 0.6 is 0 Å². The van der Waals surface area contributed by atoms with Crippen LogP contribution in [-0.4, -0.2) is 38.7 Å². The average molecular weight is 533 g/mol. The predicted molar refractivity (Wildman–Crippen MR) is 155 cm³/mol. The van der Waals surface area contributed by atoms with Crippen LogP contribution in [0.3, 0.4) is 0 Å². The molecular weight excluding hydrogens is 488 g/mol. The second kappa shape index (κ2) is 10.7. The van der Waals surface area contributed by atoms with E-state index in [-0.39, 0.29) is 22.8 Å². The largest absolute Gasteiger partial charge is 0.458 e. The highest BCUT2D eigenvalue weighted by Gasteiger charge is 2.53. The molecule has 3 aliphatic rings. The lowest BCUT2D eigenvalue weighted by atomic mass is 9.74. The van der Waals surface area contributed by atoms with Crippen molar-refractivity contribution in [2.45, 2.75) is 71.4 Å². The zero-order valence-corrected chi connectivity index (χ0v) is 24.7. The number of aliphatic hydroxyl groups excluding tert-OH is 1. The van der Waals surface area contributed by atoms with Gasteiger partial charge in [-0.25, -0.2) is 4.79 Å². The molecule has 0 bridgehead atoms. The topological polar surface area (TPSA) is 55.8 Å². The molecule has 4 nitrogen and oxygen atoms in total.